The van der Waals surface area contributed by atoms with Gasteiger partial charge in [-0.2, -0.15) is 4.98 Å². The lowest BCUT2D eigenvalue weighted by Gasteiger charge is -2.24. The minimum Gasteiger partial charge on any atom is -0.432 e. The van der Waals surface area contributed by atoms with E-state index in [1.54, 1.807) is 11.3 Å². The zero-order chi connectivity index (χ0) is 12.3. The summed E-state index contributed by atoms with van der Waals surface area (Å²) < 4.78 is 5.39. The van der Waals surface area contributed by atoms with Crippen molar-refractivity contribution in [3.05, 3.63) is 34.3 Å². The summed E-state index contributed by atoms with van der Waals surface area (Å²) in [5.41, 5.74) is 0.567. The zero-order valence-corrected chi connectivity index (χ0v) is 10.8. The molecular formula is C12H16N2O2S. The number of oxazole rings is 1. The van der Waals surface area contributed by atoms with Crippen LogP contribution in [-0.2, 0) is 13.2 Å². The normalized spacial score (nSPS) is 11.1. The first kappa shape index (κ1) is 12.1. The third-order valence-corrected chi connectivity index (χ3v) is 3.34. The zero-order valence-electron chi connectivity index (χ0n) is 9.96. The van der Waals surface area contributed by atoms with Gasteiger partial charge in [-0.25, -0.2) is 0 Å². The molecule has 0 radical (unpaired) electrons. The fourth-order valence-electron chi connectivity index (χ4n) is 1.54. The van der Waals surface area contributed by atoms with Gasteiger partial charge in [0.2, 0.25) is 0 Å². The SMILES string of the molecule is CC(C)N(Cc1cccs1)c1nc(CO)co1. The average Bonchev–Trinajstić information content (AvgIpc) is 2.96. The number of aromatic nitrogens is 1. The summed E-state index contributed by atoms with van der Waals surface area (Å²) in [6, 6.07) is 4.99. The molecule has 0 bridgehead atoms. The van der Waals surface area contributed by atoms with E-state index < -0.39 is 0 Å². The fraction of sp³-hybridized carbons (Fsp3) is 0.417. The molecule has 0 spiro atoms. The molecule has 0 atom stereocenters. The van der Waals surface area contributed by atoms with E-state index in [0.29, 0.717) is 17.8 Å². The van der Waals surface area contributed by atoms with Crippen LogP contribution in [0.25, 0.3) is 0 Å². The molecule has 4 nitrogen and oxygen atoms in total. The Morgan fingerprint density at radius 1 is 1.53 bits per heavy atom. The summed E-state index contributed by atoms with van der Waals surface area (Å²) in [6.45, 7) is 4.88. The first-order chi connectivity index (χ1) is 8.20. The summed E-state index contributed by atoms with van der Waals surface area (Å²) >= 11 is 1.72. The van der Waals surface area contributed by atoms with Gasteiger partial charge in [-0.3, -0.25) is 0 Å². The Morgan fingerprint density at radius 3 is 2.88 bits per heavy atom. The predicted octanol–water partition coefficient (Wildman–Crippen LogP) is 2.64. The number of hydrogen-bond acceptors (Lipinski definition) is 5. The Balaban J connectivity index is 2.17. The first-order valence-corrected chi connectivity index (χ1v) is 6.43. The highest BCUT2D eigenvalue weighted by Gasteiger charge is 2.17. The topological polar surface area (TPSA) is 49.5 Å². The standard InChI is InChI=1S/C12H16N2O2S/c1-9(2)14(6-11-4-3-5-17-11)12-13-10(7-15)8-16-12/h3-5,8-9,15H,6-7H2,1-2H3. The third kappa shape index (κ3) is 2.87. The van der Waals surface area contributed by atoms with E-state index in [-0.39, 0.29) is 6.61 Å². The molecule has 5 heteroatoms. The van der Waals surface area contributed by atoms with Crippen molar-refractivity contribution in [2.24, 2.45) is 0 Å². The smallest absolute Gasteiger partial charge is 0.298 e. The number of aliphatic hydroxyl groups excluding tert-OH is 1. The molecule has 0 unspecified atom stereocenters. The number of aliphatic hydroxyl groups is 1. The van der Waals surface area contributed by atoms with Crippen molar-refractivity contribution < 1.29 is 9.52 Å². The van der Waals surface area contributed by atoms with E-state index in [1.807, 2.05) is 6.07 Å². The Kier molecular flexibility index (Phi) is 3.81. The minimum absolute atomic E-state index is 0.0889. The Morgan fingerprint density at radius 2 is 2.35 bits per heavy atom. The van der Waals surface area contributed by atoms with Crippen molar-refractivity contribution in [1.82, 2.24) is 4.98 Å². The van der Waals surface area contributed by atoms with Gasteiger partial charge in [0.05, 0.1) is 13.2 Å². The fourth-order valence-corrected chi connectivity index (χ4v) is 2.25. The molecule has 2 heterocycles. The second kappa shape index (κ2) is 5.33. The largest absolute Gasteiger partial charge is 0.432 e. The third-order valence-electron chi connectivity index (χ3n) is 2.48. The number of rotatable bonds is 5. The van der Waals surface area contributed by atoms with Gasteiger partial charge in [0.25, 0.3) is 6.01 Å². The van der Waals surface area contributed by atoms with Crippen molar-refractivity contribution in [1.29, 1.82) is 0 Å². The highest BCUT2D eigenvalue weighted by Crippen LogP contribution is 2.21. The predicted molar refractivity (Wildman–Crippen MR) is 68.1 cm³/mol. The number of thiophene rings is 1. The van der Waals surface area contributed by atoms with E-state index in [1.165, 1.54) is 11.1 Å². The monoisotopic (exact) mass is 252 g/mol. The van der Waals surface area contributed by atoms with Crippen LogP contribution in [0.3, 0.4) is 0 Å². The number of nitrogens with zero attached hydrogens (tertiary/aromatic N) is 2. The number of hydrogen-bond donors (Lipinski definition) is 1. The Labute approximate surface area is 105 Å². The summed E-state index contributed by atoms with van der Waals surface area (Å²) in [4.78, 5) is 7.59. The highest BCUT2D eigenvalue weighted by molar-refractivity contribution is 7.09. The second-order valence-corrected chi connectivity index (χ2v) is 5.11. The van der Waals surface area contributed by atoms with Gasteiger partial charge in [-0.1, -0.05) is 6.07 Å². The van der Waals surface area contributed by atoms with Gasteiger partial charge in [-0.15, -0.1) is 11.3 Å². The molecular weight excluding hydrogens is 236 g/mol. The lowest BCUT2D eigenvalue weighted by molar-refractivity contribution is 0.276. The summed E-state index contributed by atoms with van der Waals surface area (Å²) in [7, 11) is 0. The van der Waals surface area contributed by atoms with Crippen molar-refractivity contribution in [2.45, 2.75) is 33.0 Å². The lowest BCUT2D eigenvalue weighted by Crippen LogP contribution is -2.30. The van der Waals surface area contributed by atoms with Gasteiger partial charge in [-0.05, 0) is 25.3 Å². The molecule has 92 valence electrons. The Hall–Kier alpha value is -1.33. The van der Waals surface area contributed by atoms with E-state index in [2.05, 4.69) is 35.2 Å². The van der Waals surface area contributed by atoms with Gasteiger partial charge in [0, 0.05) is 10.9 Å². The Bertz CT molecular complexity index is 451. The van der Waals surface area contributed by atoms with Gasteiger partial charge >= 0.3 is 0 Å². The summed E-state index contributed by atoms with van der Waals surface area (Å²) in [5, 5.41) is 11.0. The maximum atomic E-state index is 8.99. The summed E-state index contributed by atoms with van der Waals surface area (Å²) in [6.07, 6.45) is 1.50. The van der Waals surface area contributed by atoms with E-state index in [9.17, 15) is 0 Å². The van der Waals surface area contributed by atoms with Crippen LogP contribution in [0.2, 0.25) is 0 Å². The van der Waals surface area contributed by atoms with E-state index in [4.69, 9.17) is 9.52 Å². The molecule has 2 aromatic rings. The van der Waals surface area contributed by atoms with Crippen LogP contribution in [0.15, 0.2) is 28.2 Å². The molecule has 0 aliphatic rings. The van der Waals surface area contributed by atoms with Crippen LogP contribution in [-0.4, -0.2) is 16.1 Å². The van der Waals surface area contributed by atoms with Gasteiger partial charge in [0.1, 0.15) is 12.0 Å². The molecule has 1 N–H and O–H groups in total. The maximum absolute atomic E-state index is 8.99. The molecule has 2 rings (SSSR count). The first-order valence-electron chi connectivity index (χ1n) is 5.55. The summed E-state index contributed by atoms with van der Waals surface area (Å²) in [5.74, 6) is 0. The van der Waals surface area contributed by atoms with Crippen molar-refractivity contribution in [3.63, 3.8) is 0 Å². The lowest BCUT2D eigenvalue weighted by atomic mass is 10.3. The molecule has 2 aromatic heterocycles. The van der Waals surface area contributed by atoms with Crippen LogP contribution in [0.5, 0.6) is 0 Å². The van der Waals surface area contributed by atoms with Crippen molar-refractivity contribution >= 4 is 17.4 Å². The van der Waals surface area contributed by atoms with Gasteiger partial charge in [0.15, 0.2) is 0 Å². The van der Waals surface area contributed by atoms with Crippen LogP contribution in [0.4, 0.5) is 6.01 Å². The van der Waals surface area contributed by atoms with Gasteiger partial charge < -0.3 is 14.4 Å². The molecule has 17 heavy (non-hydrogen) atoms. The van der Waals surface area contributed by atoms with Crippen LogP contribution >= 0.6 is 11.3 Å². The maximum Gasteiger partial charge on any atom is 0.298 e. The molecule has 0 aromatic carbocycles. The highest BCUT2D eigenvalue weighted by atomic mass is 32.1. The van der Waals surface area contributed by atoms with Crippen LogP contribution in [0.1, 0.15) is 24.4 Å². The second-order valence-electron chi connectivity index (χ2n) is 4.08. The number of anilines is 1. The molecule has 0 aliphatic carbocycles. The van der Waals surface area contributed by atoms with E-state index >= 15 is 0 Å². The van der Waals surface area contributed by atoms with Crippen molar-refractivity contribution in [2.75, 3.05) is 4.90 Å². The molecule has 0 aliphatic heterocycles. The average molecular weight is 252 g/mol. The molecule has 0 saturated heterocycles. The van der Waals surface area contributed by atoms with E-state index in [0.717, 1.165) is 6.54 Å². The molecule has 0 fully saturated rings. The molecule has 0 saturated carbocycles. The quantitative estimate of drug-likeness (QED) is 0.888. The molecule has 0 amide bonds. The van der Waals surface area contributed by atoms with Crippen molar-refractivity contribution in [3.8, 4) is 0 Å². The van der Waals surface area contributed by atoms with Crippen LogP contribution in [0, 0.1) is 0 Å². The van der Waals surface area contributed by atoms with Crippen LogP contribution < -0.4 is 4.90 Å². The minimum atomic E-state index is -0.0889.